The number of aliphatic hydroxyl groups is 1. The van der Waals surface area contributed by atoms with Crippen LogP contribution >= 0.6 is 27.5 Å². The molecule has 7 heteroatoms. The van der Waals surface area contributed by atoms with Gasteiger partial charge in [0, 0.05) is 24.2 Å². The van der Waals surface area contributed by atoms with Gasteiger partial charge in [0.25, 0.3) is 0 Å². The molecule has 0 bridgehead atoms. The molecule has 106 valence electrons. The van der Waals surface area contributed by atoms with Crippen molar-refractivity contribution in [2.24, 2.45) is 5.92 Å². The van der Waals surface area contributed by atoms with Crippen LogP contribution in [0.5, 0.6) is 0 Å². The van der Waals surface area contributed by atoms with Gasteiger partial charge in [0.05, 0.1) is 5.02 Å². The second-order valence-corrected chi connectivity index (χ2v) is 7.83. The van der Waals surface area contributed by atoms with E-state index in [2.05, 4.69) is 15.9 Å². The Morgan fingerprint density at radius 1 is 1.47 bits per heavy atom. The summed E-state index contributed by atoms with van der Waals surface area (Å²) in [4.78, 5) is 0.141. The number of nitrogens with zero attached hydrogens (tertiary/aromatic N) is 1. The number of aliphatic hydroxyl groups excluding tert-OH is 1. The molecule has 1 heterocycles. The molecule has 0 aliphatic carbocycles. The third kappa shape index (κ3) is 3.31. The van der Waals surface area contributed by atoms with Crippen LogP contribution in [0.4, 0.5) is 0 Å². The summed E-state index contributed by atoms with van der Waals surface area (Å²) in [6, 6.07) is 4.76. The van der Waals surface area contributed by atoms with Gasteiger partial charge < -0.3 is 5.11 Å². The summed E-state index contributed by atoms with van der Waals surface area (Å²) < 4.78 is 27.2. The van der Waals surface area contributed by atoms with E-state index in [0.29, 0.717) is 19.5 Å². The fourth-order valence-corrected chi connectivity index (χ4v) is 4.80. The van der Waals surface area contributed by atoms with Gasteiger partial charge >= 0.3 is 0 Å². The average Bonchev–Trinajstić information content (AvgIpc) is 2.78. The van der Waals surface area contributed by atoms with Gasteiger partial charge in [-0.15, -0.1) is 0 Å². The minimum atomic E-state index is -3.54. The van der Waals surface area contributed by atoms with E-state index in [4.69, 9.17) is 16.7 Å². The van der Waals surface area contributed by atoms with Crippen molar-refractivity contribution in [3.8, 4) is 0 Å². The first kappa shape index (κ1) is 15.3. The quantitative estimate of drug-likeness (QED) is 0.888. The van der Waals surface area contributed by atoms with Crippen LogP contribution in [0.25, 0.3) is 0 Å². The highest BCUT2D eigenvalue weighted by atomic mass is 79.9. The van der Waals surface area contributed by atoms with Crippen LogP contribution in [-0.2, 0) is 10.0 Å². The Morgan fingerprint density at radius 3 is 2.84 bits per heavy atom. The number of hydrogen-bond donors (Lipinski definition) is 1. The molecule has 4 nitrogen and oxygen atoms in total. The molecule has 1 aliphatic rings. The van der Waals surface area contributed by atoms with E-state index in [1.54, 1.807) is 12.1 Å². The first-order chi connectivity index (χ1) is 8.95. The van der Waals surface area contributed by atoms with Crippen LogP contribution in [0.2, 0.25) is 5.02 Å². The molecule has 1 aliphatic heterocycles. The summed E-state index contributed by atoms with van der Waals surface area (Å²) in [5.74, 6) is 0.231. The zero-order chi connectivity index (χ0) is 14.0. The molecule has 1 saturated heterocycles. The van der Waals surface area contributed by atoms with Crippen LogP contribution in [0, 0.1) is 5.92 Å². The van der Waals surface area contributed by atoms with E-state index in [1.807, 2.05) is 0 Å². The fraction of sp³-hybridized carbons (Fsp3) is 0.500. The first-order valence-corrected chi connectivity index (χ1v) is 8.62. The molecule has 1 aromatic rings. The second-order valence-electron chi connectivity index (χ2n) is 4.60. The predicted molar refractivity (Wildman–Crippen MR) is 77.7 cm³/mol. The molecule has 1 N–H and O–H groups in total. The highest BCUT2D eigenvalue weighted by molar-refractivity contribution is 9.10. The minimum absolute atomic E-state index is 0.0948. The fourth-order valence-electron chi connectivity index (χ4n) is 2.26. The van der Waals surface area contributed by atoms with Gasteiger partial charge in [0.15, 0.2) is 0 Å². The van der Waals surface area contributed by atoms with Gasteiger partial charge in [0.2, 0.25) is 10.0 Å². The van der Waals surface area contributed by atoms with Crippen LogP contribution in [0.15, 0.2) is 27.6 Å². The Kier molecular flexibility index (Phi) is 4.89. The summed E-state index contributed by atoms with van der Waals surface area (Å²) in [7, 11) is -3.54. The van der Waals surface area contributed by atoms with E-state index in [1.165, 1.54) is 10.4 Å². The van der Waals surface area contributed by atoms with Crippen LogP contribution in [0.1, 0.15) is 12.8 Å². The molecule has 0 aromatic heterocycles. The maximum absolute atomic E-state index is 12.5. The molecule has 0 amide bonds. The van der Waals surface area contributed by atoms with E-state index in [9.17, 15) is 8.42 Å². The third-order valence-corrected chi connectivity index (χ3v) is 6.14. The second kappa shape index (κ2) is 6.10. The van der Waals surface area contributed by atoms with Gasteiger partial charge in [-0.3, -0.25) is 0 Å². The SMILES string of the molecule is O=S(=O)(c1ccc(Br)cc1Cl)N1CCC(CCO)C1. The Morgan fingerprint density at radius 2 is 2.21 bits per heavy atom. The van der Waals surface area contributed by atoms with Crippen molar-refractivity contribution in [2.75, 3.05) is 19.7 Å². The number of sulfonamides is 1. The minimum Gasteiger partial charge on any atom is -0.396 e. The summed E-state index contributed by atoms with van der Waals surface area (Å²) in [5.41, 5.74) is 0. The Balaban J connectivity index is 2.23. The van der Waals surface area contributed by atoms with Gasteiger partial charge in [-0.05, 0) is 37.0 Å². The maximum atomic E-state index is 12.5. The molecule has 2 rings (SSSR count). The van der Waals surface area contributed by atoms with Crippen molar-refractivity contribution in [2.45, 2.75) is 17.7 Å². The monoisotopic (exact) mass is 367 g/mol. The number of halogens is 2. The normalized spacial score (nSPS) is 20.9. The van der Waals surface area contributed by atoms with Crippen molar-refractivity contribution < 1.29 is 13.5 Å². The molecular formula is C12H15BrClNO3S. The summed E-state index contributed by atoms with van der Waals surface area (Å²) in [6.45, 7) is 1.03. The van der Waals surface area contributed by atoms with Crippen molar-refractivity contribution in [1.82, 2.24) is 4.31 Å². The Hall–Kier alpha value is -0.140. The van der Waals surface area contributed by atoms with Crippen molar-refractivity contribution in [1.29, 1.82) is 0 Å². The highest BCUT2D eigenvalue weighted by Crippen LogP contribution is 2.31. The lowest BCUT2D eigenvalue weighted by molar-refractivity contribution is 0.259. The third-order valence-electron chi connectivity index (χ3n) is 3.30. The number of benzene rings is 1. The van der Waals surface area contributed by atoms with Crippen molar-refractivity contribution in [3.63, 3.8) is 0 Å². The summed E-state index contributed by atoms with van der Waals surface area (Å²) >= 11 is 9.27. The smallest absolute Gasteiger partial charge is 0.244 e. The van der Waals surface area contributed by atoms with Crippen molar-refractivity contribution in [3.05, 3.63) is 27.7 Å². The molecule has 1 aromatic carbocycles. The lowest BCUT2D eigenvalue weighted by Gasteiger charge is -2.17. The zero-order valence-electron chi connectivity index (χ0n) is 10.2. The van der Waals surface area contributed by atoms with Crippen molar-refractivity contribution >= 4 is 37.6 Å². The zero-order valence-corrected chi connectivity index (χ0v) is 13.4. The maximum Gasteiger partial charge on any atom is 0.244 e. The van der Waals surface area contributed by atoms with E-state index in [0.717, 1.165) is 10.9 Å². The first-order valence-electron chi connectivity index (χ1n) is 6.01. The van der Waals surface area contributed by atoms with Crippen LogP contribution in [-0.4, -0.2) is 37.5 Å². The lowest BCUT2D eigenvalue weighted by atomic mass is 10.1. The van der Waals surface area contributed by atoms with Gasteiger partial charge in [0.1, 0.15) is 4.90 Å². The number of hydrogen-bond acceptors (Lipinski definition) is 3. The highest BCUT2D eigenvalue weighted by Gasteiger charge is 2.33. The molecule has 1 fully saturated rings. The molecule has 1 unspecified atom stereocenters. The molecule has 1 atom stereocenters. The number of rotatable bonds is 4. The molecule has 0 radical (unpaired) electrons. The lowest BCUT2D eigenvalue weighted by Crippen LogP contribution is -2.29. The van der Waals surface area contributed by atoms with Crippen LogP contribution < -0.4 is 0 Å². The Bertz CT molecular complexity index is 564. The summed E-state index contributed by atoms with van der Waals surface area (Å²) in [6.07, 6.45) is 1.42. The molecule has 19 heavy (non-hydrogen) atoms. The van der Waals surface area contributed by atoms with Crippen LogP contribution in [0.3, 0.4) is 0 Å². The summed E-state index contributed by atoms with van der Waals surface area (Å²) in [5, 5.41) is 9.14. The average molecular weight is 369 g/mol. The topological polar surface area (TPSA) is 57.6 Å². The van der Waals surface area contributed by atoms with E-state index < -0.39 is 10.0 Å². The van der Waals surface area contributed by atoms with Gasteiger partial charge in [-0.25, -0.2) is 8.42 Å². The molecule has 0 spiro atoms. The van der Waals surface area contributed by atoms with E-state index in [-0.39, 0.29) is 22.4 Å². The predicted octanol–water partition coefficient (Wildman–Crippen LogP) is 2.50. The molecule has 0 saturated carbocycles. The Labute approximate surface area is 126 Å². The van der Waals surface area contributed by atoms with E-state index >= 15 is 0 Å². The standard InChI is InChI=1S/C12H15BrClNO3S/c13-10-1-2-12(11(14)7-10)19(17,18)15-5-3-9(8-15)4-6-16/h1-2,7,9,16H,3-6,8H2. The largest absolute Gasteiger partial charge is 0.396 e. The molecular weight excluding hydrogens is 354 g/mol. The van der Waals surface area contributed by atoms with Gasteiger partial charge in [-0.2, -0.15) is 4.31 Å². The van der Waals surface area contributed by atoms with Gasteiger partial charge in [-0.1, -0.05) is 27.5 Å².